The van der Waals surface area contributed by atoms with Gasteiger partial charge in [0.05, 0.1) is 0 Å². The fourth-order valence-electron chi connectivity index (χ4n) is 2.96. The van der Waals surface area contributed by atoms with Crippen molar-refractivity contribution in [3.8, 4) is 0 Å². The van der Waals surface area contributed by atoms with Gasteiger partial charge >= 0.3 is 0 Å². The molecule has 0 amide bonds. The van der Waals surface area contributed by atoms with Crippen molar-refractivity contribution in [1.29, 1.82) is 0 Å². The lowest BCUT2D eigenvalue weighted by atomic mass is 9.87. The summed E-state index contributed by atoms with van der Waals surface area (Å²) in [4.78, 5) is 2.58. The Bertz CT molecular complexity index is 404. The highest BCUT2D eigenvalue weighted by atomic mass is 35.5. The molecule has 0 aliphatic carbocycles. The van der Waals surface area contributed by atoms with Gasteiger partial charge in [0.1, 0.15) is 0 Å². The van der Waals surface area contributed by atoms with E-state index in [-0.39, 0.29) is 5.41 Å². The van der Waals surface area contributed by atoms with E-state index >= 15 is 0 Å². The average Bonchev–Trinajstić information content (AvgIpc) is 2.63. The Morgan fingerprint density at radius 2 is 1.80 bits per heavy atom. The Morgan fingerprint density at radius 3 is 2.40 bits per heavy atom. The molecule has 1 fully saturated rings. The Balaban J connectivity index is 2.04. The molecule has 0 saturated carbocycles. The van der Waals surface area contributed by atoms with Crippen LogP contribution in [-0.2, 0) is 12.0 Å². The smallest absolute Gasteiger partial charge is 0.0379 e. The zero-order chi connectivity index (χ0) is 14.6. The van der Waals surface area contributed by atoms with Crippen molar-refractivity contribution in [2.45, 2.75) is 64.5 Å². The van der Waals surface area contributed by atoms with Crippen LogP contribution in [0.4, 0.5) is 0 Å². The molecule has 1 aliphatic heterocycles. The van der Waals surface area contributed by atoms with E-state index in [1.807, 2.05) is 0 Å². The van der Waals surface area contributed by atoms with Gasteiger partial charge in [-0.25, -0.2) is 0 Å². The summed E-state index contributed by atoms with van der Waals surface area (Å²) in [5, 5.41) is 0. The molecule has 1 aliphatic rings. The molecule has 1 aromatic carbocycles. The second-order valence-corrected chi connectivity index (χ2v) is 7.38. The van der Waals surface area contributed by atoms with Crippen molar-refractivity contribution in [3.63, 3.8) is 0 Å². The van der Waals surface area contributed by atoms with Crippen LogP contribution in [0.1, 0.15) is 57.6 Å². The van der Waals surface area contributed by atoms with Crippen molar-refractivity contribution in [2.75, 3.05) is 12.4 Å². The molecule has 1 aromatic rings. The first-order chi connectivity index (χ1) is 9.50. The van der Waals surface area contributed by atoms with Gasteiger partial charge in [0, 0.05) is 18.5 Å². The van der Waals surface area contributed by atoms with Crippen molar-refractivity contribution >= 4 is 11.6 Å². The lowest BCUT2D eigenvalue weighted by molar-refractivity contribution is 0.207. The number of alkyl halides is 1. The quantitative estimate of drug-likeness (QED) is 0.711. The zero-order valence-electron chi connectivity index (χ0n) is 13.2. The van der Waals surface area contributed by atoms with E-state index in [4.69, 9.17) is 11.6 Å². The molecule has 0 radical (unpaired) electrons. The summed E-state index contributed by atoms with van der Waals surface area (Å²) in [7, 11) is 0. The summed E-state index contributed by atoms with van der Waals surface area (Å²) in [6.07, 6.45) is 5.25. The van der Waals surface area contributed by atoms with Gasteiger partial charge in [0.2, 0.25) is 0 Å². The Kier molecular flexibility index (Phi) is 5.51. The monoisotopic (exact) mass is 293 g/mol. The SMILES string of the molecule is CC(C)(C)c1ccc(CN2CCCCCC2CCl)cc1. The minimum absolute atomic E-state index is 0.236. The van der Waals surface area contributed by atoms with Crippen LogP contribution in [0.2, 0.25) is 0 Å². The molecule has 0 spiro atoms. The van der Waals surface area contributed by atoms with Gasteiger partial charge < -0.3 is 0 Å². The summed E-state index contributed by atoms with van der Waals surface area (Å²) < 4.78 is 0. The van der Waals surface area contributed by atoms with Crippen molar-refractivity contribution in [2.24, 2.45) is 0 Å². The third-order valence-corrected chi connectivity index (χ3v) is 4.74. The molecule has 20 heavy (non-hydrogen) atoms. The summed E-state index contributed by atoms with van der Waals surface area (Å²) in [5.74, 6) is 0.764. The van der Waals surface area contributed by atoms with Gasteiger partial charge in [-0.1, -0.05) is 57.9 Å². The third-order valence-electron chi connectivity index (χ3n) is 4.38. The lowest BCUT2D eigenvalue weighted by Crippen LogP contribution is -2.35. The fourth-order valence-corrected chi connectivity index (χ4v) is 3.31. The Labute approximate surface area is 129 Å². The number of halogens is 1. The second-order valence-electron chi connectivity index (χ2n) is 7.07. The van der Waals surface area contributed by atoms with E-state index in [1.54, 1.807) is 0 Å². The van der Waals surface area contributed by atoms with E-state index in [0.29, 0.717) is 6.04 Å². The maximum Gasteiger partial charge on any atom is 0.0379 e. The third kappa shape index (κ3) is 4.23. The number of rotatable bonds is 3. The number of nitrogens with zero attached hydrogens (tertiary/aromatic N) is 1. The van der Waals surface area contributed by atoms with Gasteiger partial charge in [0.15, 0.2) is 0 Å². The molecular formula is C18H28ClN. The molecule has 2 heteroatoms. The van der Waals surface area contributed by atoms with Crippen LogP contribution < -0.4 is 0 Å². The second kappa shape index (κ2) is 6.95. The maximum atomic E-state index is 6.16. The predicted molar refractivity (Wildman–Crippen MR) is 88.5 cm³/mol. The molecule has 1 saturated heterocycles. The van der Waals surface area contributed by atoms with Crippen molar-refractivity contribution in [1.82, 2.24) is 4.90 Å². The van der Waals surface area contributed by atoms with Gasteiger partial charge in [-0.15, -0.1) is 11.6 Å². The molecule has 1 atom stereocenters. The van der Waals surface area contributed by atoms with Crippen molar-refractivity contribution < 1.29 is 0 Å². The highest BCUT2D eigenvalue weighted by molar-refractivity contribution is 6.18. The zero-order valence-corrected chi connectivity index (χ0v) is 13.9. The Morgan fingerprint density at radius 1 is 1.10 bits per heavy atom. The van der Waals surface area contributed by atoms with E-state index in [1.165, 1.54) is 43.4 Å². The highest BCUT2D eigenvalue weighted by Gasteiger charge is 2.20. The molecule has 1 heterocycles. The molecule has 1 nitrogen and oxygen atoms in total. The molecule has 0 aromatic heterocycles. The number of benzene rings is 1. The van der Waals surface area contributed by atoms with E-state index in [9.17, 15) is 0 Å². The summed E-state index contributed by atoms with van der Waals surface area (Å²) >= 11 is 6.16. The first-order valence-corrected chi connectivity index (χ1v) is 8.43. The number of hydrogen-bond acceptors (Lipinski definition) is 1. The summed E-state index contributed by atoms with van der Waals surface area (Å²) in [5.41, 5.74) is 3.06. The maximum absolute atomic E-state index is 6.16. The van der Waals surface area contributed by atoms with Gasteiger partial charge in [-0.3, -0.25) is 4.90 Å². The number of hydrogen-bond donors (Lipinski definition) is 0. The van der Waals surface area contributed by atoms with Crippen molar-refractivity contribution in [3.05, 3.63) is 35.4 Å². The molecular weight excluding hydrogens is 266 g/mol. The van der Waals surface area contributed by atoms with E-state index in [0.717, 1.165) is 12.4 Å². The molecule has 2 rings (SSSR count). The van der Waals surface area contributed by atoms with Crippen LogP contribution in [0.5, 0.6) is 0 Å². The van der Waals surface area contributed by atoms with Crippen LogP contribution in [0.15, 0.2) is 24.3 Å². The first kappa shape index (κ1) is 15.9. The average molecular weight is 294 g/mol. The molecule has 0 N–H and O–H groups in total. The minimum Gasteiger partial charge on any atom is -0.295 e. The summed E-state index contributed by atoms with van der Waals surface area (Å²) in [6.45, 7) is 9.03. The first-order valence-electron chi connectivity index (χ1n) is 7.90. The molecule has 0 bridgehead atoms. The topological polar surface area (TPSA) is 3.24 Å². The van der Waals surface area contributed by atoms with E-state index < -0.39 is 0 Å². The largest absolute Gasteiger partial charge is 0.295 e. The molecule has 1 unspecified atom stereocenters. The minimum atomic E-state index is 0.236. The predicted octanol–water partition coefficient (Wildman–Crippen LogP) is 4.97. The van der Waals surface area contributed by atoms with Gasteiger partial charge in [0.25, 0.3) is 0 Å². The van der Waals surface area contributed by atoms with Crippen LogP contribution in [0.25, 0.3) is 0 Å². The van der Waals surface area contributed by atoms with Crippen LogP contribution in [0, 0.1) is 0 Å². The van der Waals surface area contributed by atoms with E-state index in [2.05, 4.69) is 49.9 Å². The van der Waals surface area contributed by atoms with Crippen LogP contribution in [0.3, 0.4) is 0 Å². The highest BCUT2D eigenvalue weighted by Crippen LogP contribution is 2.24. The van der Waals surface area contributed by atoms with Crippen LogP contribution in [-0.4, -0.2) is 23.4 Å². The number of likely N-dealkylation sites (tertiary alicyclic amines) is 1. The summed E-state index contributed by atoms with van der Waals surface area (Å²) in [6, 6.07) is 9.70. The standard InChI is InChI=1S/C18H28ClN/c1-18(2,3)16-10-8-15(9-11-16)14-20-12-6-4-5-7-17(20)13-19/h8-11,17H,4-7,12-14H2,1-3H3. The van der Waals surface area contributed by atoms with Crippen LogP contribution >= 0.6 is 11.6 Å². The molecule has 112 valence electrons. The fraction of sp³-hybridized carbons (Fsp3) is 0.667. The lowest BCUT2D eigenvalue weighted by Gasteiger charge is -2.28. The normalized spacial score (nSPS) is 21.7. The Hall–Kier alpha value is -0.530. The van der Waals surface area contributed by atoms with Gasteiger partial charge in [-0.05, 0) is 35.9 Å². The van der Waals surface area contributed by atoms with Gasteiger partial charge in [-0.2, -0.15) is 0 Å².